The molecule has 0 bridgehead atoms. The van der Waals surface area contributed by atoms with Gasteiger partial charge in [-0.2, -0.15) is 0 Å². The number of carbonyl (C=O) groups excluding carboxylic acids is 2. The van der Waals surface area contributed by atoms with Crippen molar-refractivity contribution < 1.29 is 9.59 Å². The van der Waals surface area contributed by atoms with E-state index in [2.05, 4.69) is 19.2 Å². The highest BCUT2D eigenvalue weighted by molar-refractivity contribution is 6.30. The first kappa shape index (κ1) is 20.3. The number of rotatable bonds is 2. The van der Waals surface area contributed by atoms with Crippen LogP contribution in [0.2, 0.25) is 5.02 Å². The number of ketones is 1. The van der Waals surface area contributed by atoms with Gasteiger partial charge < -0.3 is 5.32 Å². The van der Waals surface area contributed by atoms with Crippen LogP contribution in [0.4, 0.5) is 5.69 Å². The smallest absolute Gasteiger partial charge is 0.228 e. The summed E-state index contributed by atoms with van der Waals surface area (Å²) >= 11 is 6.10. The summed E-state index contributed by atoms with van der Waals surface area (Å²) in [7, 11) is 0. The van der Waals surface area contributed by atoms with E-state index in [0.29, 0.717) is 35.0 Å². The van der Waals surface area contributed by atoms with Gasteiger partial charge in [0, 0.05) is 23.0 Å². The van der Waals surface area contributed by atoms with Crippen LogP contribution >= 0.6 is 11.6 Å². The van der Waals surface area contributed by atoms with Gasteiger partial charge in [0.15, 0.2) is 5.78 Å². The van der Waals surface area contributed by atoms with Crippen molar-refractivity contribution in [3.05, 3.63) is 40.9 Å². The summed E-state index contributed by atoms with van der Waals surface area (Å²) in [5.41, 5.74) is 2.47. The number of allylic oxidation sites excluding steroid dienone is 1. The molecule has 5 rings (SSSR count). The SMILES string of the molecule is C[C@]12CC[C@H]3[C@@H](CCC4=CC(=O)CC[C@@]43C)[C@@H]1CC[C@@H]2C(=O)Nc1cccc(Cl)c1. The van der Waals surface area contributed by atoms with Crippen molar-refractivity contribution >= 4 is 29.0 Å². The molecular formula is C26H32ClNO2. The molecule has 0 radical (unpaired) electrons. The first-order chi connectivity index (χ1) is 14.3. The number of halogens is 1. The van der Waals surface area contributed by atoms with Gasteiger partial charge in [-0.15, -0.1) is 0 Å². The fraction of sp³-hybridized carbons (Fsp3) is 0.615. The highest BCUT2D eigenvalue weighted by atomic mass is 35.5. The lowest BCUT2D eigenvalue weighted by Crippen LogP contribution is -2.51. The largest absolute Gasteiger partial charge is 0.326 e. The molecule has 0 spiro atoms. The van der Waals surface area contributed by atoms with Crippen molar-refractivity contribution in [3.8, 4) is 0 Å². The van der Waals surface area contributed by atoms with Crippen molar-refractivity contribution in [1.82, 2.24) is 0 Å². The zero-order valence-electron chi connectivity index (χ0n) is 18.0. The van der Waals surface area contributed by atoms with Crippen molar-refractivity contribution in [3.63, 3.8) is 0 Å². The lowest BCUT2D eigenvalue weighted by atomic mass is 9.47. The molecule has 0 heterocycles. The minimum Gasteiger partial charge on any atom is -0.326 e. The molecule has 160 valence electrons. The third-order valence-corrected chi connectivity index (χ3v) is 9.61. The monoisotopic (exact) mass is 425 g/mol. The number of amides is 1. The lowest BCUT2D eigenvalue weighted by Gasteiger charge is -2.58. The molecule has 1 aromatic rings. The summed E-state index contributed by atoms with van der Waals surface area (Å²) in [6, 6.07) is 7.45. The summed E-state index contributed by atoms with van der Waals surface area (Å²) in [5.74, 6) is 2.51. The average Bonchev–Trinajstić information content (AvgIpc) is 3.06. The van der Waals surface area contributed by atoms with Gasteiger partial charge >= 0.3 is 0 Å². The van der Waals surface area contributed by atoms with Crippen LogP contribution in [0.3, 0.4) is 0 Å². The van der Waals surface area contributed by atoms with E-state index in [-0.39, 0.29) is 22.7 Å². The Labute approximate surface area is 184 Å². The van der Waals surface area contributed by atoms with E-state index >= 15 is 0 Å². The van der Waals surface area contributed by atoms with E-state index in [1.165, 1.54) is 18.4 Å². The molecule has 3 nitrogen and oxygen atoms in total. The van der Waals surface area contributed by atoms with Gasteiger partial charge in [0.1, 0.15) is 0 Å². The van der Waals surface area contributed by atoms with Crippen molar-refractivity contribution in [2.24, 2.45) is 34.5 Å². The summed E-state index contributed by atoms with van der Waals surface area (Å²) < 4.78 is 0. The Bertz CT molecular complexity index is 923. The Kier molecular flexibility index (Phi) is 4.89. The highest BCUT2D eigenvalue weighted by Crippen LogP contribution is 2.66. The van der Waals surface area contributed by atoms with Crippen LogP contribution in [0.15, 0.2) is 35.9 Å². The second-order valence-electron chi connectivity index (χ2n) is 10.6. The molecule has 6 atom stereocenters. The Balaban J connectivity index is 1.37. The van der Waals surface area contributed by atoms with Gasteiger partial charge in [0.25, 0.3) is 0 Å². The Morgan fingerprint density at radius 3 is 2.70 bits per heavy atom. The number of anilines is 1. The van der Waals surface area contributed by atoms with Crippen molar-refractivity contribution in [2.75, 3.05) is 5.32 Å². The molecule has 1 N–H and O–H groups in total. The summed E-state index contributed by atoms with van der Waals surface area (Å²) in [4.78, 5) is 25.3. The molecule has 1 amide bonds. The number of benzene rings is 1. The first-order valence-electron chi connectivity index (χ1n) is 11.6. The summed E-state index contributed by atoms with van der Waals surface area (Å²) in [6.07, 6.45) is 10.4. The van der Waals surface area contributed by atoms with Crippen LogP contribution < -0.4 is 5.32 Å². The molecular weight excluding hydrogens is 394 g/mol. The second-order valence-corrected chi connectivity index (χ2v) is 11.1. The minimum atomic E-state index is 0.0695. The maximum atomic E-state index is 13.3. The summed E-state index contributed by atoms with van der Waals surface area (Å²) in [6.45, 7) is 4.80. The van der Waals surface area contributed by atoms with Gasteiger partial charge in [0.05, 0.1) is 0 Å². The van der Waals surface area contributed by atoms with Crippen LogP contribution in [0.25, 0.3) is 0 Å². The van der Waals surface area contributed by atoms with Crippen LogP contribution in [0.1, 0.15) is 65.2 Å². The standard InChI is InChI=1S/C26H32ClNO2/c1-25-12-10-19(29)14-16(25)6-7-20-21-8-9-23(26(21,2)13-11-22(20)25)24(30)28-18-5-3-4-17(27)15-18/h3-5,14-15,20-23H,6-13H2,1-2H3,(H,28,30)/t20-,21-,22-,23+,25-,26-/m0/s1. The van der Waals surface area contributed by atoms with Gasteiger partial charge in [-0.1, -0.05) is 37.1 Å². The third kappa shape index (κ3) is 3.07. The van der Waals surface area contributed by atoms with Crippen LogP contribution in [0.5, 0.6) is 0 Å². The predicted octanol–water partition coefficient (Wildman–Crippen LogP) is 6.43. The van der Waals surface area contributed by atoms with E-state index in [9.17, 15) is 9.59 Å². The minimum absolute atomic E-state index is 0.0695. The lowest BCUT2D eigenvalue weighted by molar-refractivity contribution is -0.127. The number of hydrogen-bond acceptors (Lipinski definition) is 2. The molecule has 4 aliphatic rings. The second kappa shape index (κ2) is 7.22. The number of nitrogens with one attached hydrogen (secondary N) is 1. The van der Waals surface area contributed by atoms with Gasteiger partial charge in [-0.25, -0.2) is 0 Å². The van der Waals surface area contributed by atoms with E-state index in [1.54, 1.807) is 0 Å². The van der Waals surface area contributed by atoms with Crippen LogP contribution in [-0.2, 0) is 9.59 Å². The molecule has 0 saturated heterocycles. The fourth-order valence-corrected chi connectivity index (χ4v) is 7.98. The third-order valence-electron chi connectivity index (χ3n) is 9.37. The molecule has 0 unspecified atom stereocenters. The number of fused-ring (bicyclic) bond motifs is 5. The molecule has 4 aliphatic carbocycles. The highest BCUT2D eigenvalue weighted by Gasteiger charge is 2.60. The zero-order chi connectivity index (χ0) is 21.1. The number of carbonyl (C=O) groups is 2. The molecule has 3 fully saturated rings. The van der Waals surface area contributed by atoms with E-state index in [0.717, 1.165) is 37.8 Å². The molecule has 0 aromatic heterocycles. The molecule has 30 heavy (non-hydrogen) atoms. The first-order valence-corrected chi connectivity index (χ1v) is 12.0. The Hall–Kier alpha value is -1.61. The zero-order valence-corrected chi connectivity index (χ0v) is 18.8. The molecule has 0 aliphatic heterocycles. The average molecular weight is 426 g/mol. The normalized spacial score (nSPS) is 40.1. The van der Waals surface area contributed by atoms with Crippen LogP contribution in [0, 0.1) is 34.5 Å². The summed E-state index contributed by atoms with van der Waals surface area (Å²) in [5, 5.41) is 3.79. The topological polar surface area (TPSA) is 46.2 Å². The van der Waals surface area contributed by atoms with Gasteiger partial charge in [-0.3, -0.25) is 9.59 Å². The maximum Gasteiger partial charge on any atom is 0.228 e. The predicted molar refractivity (Wildman–Crippen MR) is 120 cm³/mol. The van der Waals surface area contributed by atoms with Gasteiger partial charge in [-0.05, 0) is 97.8 Å². The quantitative estimate of drug-likeness (QED) is 0.593. The van der Waals surface area contributed by atoms with Crippen molar-refractivity contribution in [2.45, 2.75) is 65.2 Å². The van der Waals surface area contributed by atoms with Crippen LogP contribution in [-0.4, -0.2) is 11.7 Å². The molecule has 4 heteroatoms. The Morgan fingerprint density at radius 2 is 1.90 bits per heavy atom. The molecule has 3 saturated carbocycles. The van der Waals surface area contributed by atoms with E-state index in [4.69, 9.17) is 11.6 Å². The van der Waals surface area contributed by atoms with E-state index in [1.807, 2.05) is 30.3 Å². The molecule has 1 aromatic carbocycles. The maximum absolute atomic E-state index is 13.3. The van der Waals surface area contributed by atoms with E-state index < -0.39 is 0 Å². The Morgan fingerprint density at radius 1 is 1.07 bits per heavy atom. The van der Waals surface area contributed by atoms with Crippen molar-refractivity contribution in [1.29, 1.82) is 0 Å². The fourth-order valence-electron chi connectivity index (χ4n) is 7.79. The number of hydrogen-bond donors (Lipinski definition) is 1. The van der Waals surface area contributed by atoms with Gasteiger partial charge in [0.2, 0.25) is 5.91 Å².